The summed E-state index contributed by atoms with van der Waals surface area (Å²) in [4.78, 5) is 11.3. The van der Waals surface area contributed by atoms with Gasteiger partial charge in [-0.25, -0.2) is 0 Å². The molecule has 0 bridgehead atoms. The molecule has 0 heterocycles. The molecule has 12 heavy (non-hydrogen) atoms. The van der Waals surface area contributed by atoms with Crippen LogP contribution in [0.2, 0.25) is 0 Å². The van der Waals surface area contributed by atoms with Crippen LogP contribution < -0.4 is 11.1 Å². The maximum Gasteiger partial charge on any atom is 0.240 e. The minimum atomic E-state index is -0.768. The molecule has 3 heteroatoms. The van der Waals surface area contributed by atoms with Crippen LogP contribution in [0.4, 0.5) is 0 Å². The molecule has 0 saturated heterocycles. The van der Waals surface area contributed by atoms with Crippen molar-refractivity contribution in [3.8, 4) is 11.8 Å². The number of carbonyl (C=O) groups is 1. The second-order valence-corrected chi connectivity index (χ2v) is 2.88. The zero-order chi connectivity index (χ0) is 9.61. The van der Waals surface area contributed by atoms with E-state index in [2.05, 4.69) is 17.2 Å². The van der Waals surface area contributed by atoms with E-state index in [1.54, 1.807) is 13.8 Å². The van der Waals surface area contributed by atoms with Crippen molar-refractivity contribution in [1.29, 1.82) is 0 Å². The van der Waals surface area contributed by atoms with E-state index in [0.29, 0.717) is 13.0 Å². The zero-order valence-electron chi connectivity index (χ0n) is 7.90. The van der Waals surface area contributed by atoms with E-state index in [9.17, 15) is 4.79 Å². The van der Waals surface area contributed by atoms with Crippen molar-refractivity contribution in [2.45, 2.75) is 32.7 Å². The lowest BCUT2D eigenvalue weighted by atomic mass is 10.00. The van der Waals surface area contributed by atoms with Gasteiger partial charge in [0.15, 0.2) is 0 Å². The molecule has 0 saturated carbocycles. The van der Waals surface area contributed by atoms with Crippen LogP contribution in [0.25, 0.3) is 0 Å². The average molecular weight is 168 g/mol. The number of nitrogens with two attached hydrogens (primary N) is 1. The highest BCUT2D eigenvalue weighted by Gasteiger charge is 2.24. The summed E-state index contributed by atoms with van der Waals surface area (Å²) in [6, 6.07) is 0. The Bertz CT molecular complexity index is 210. The van der Waals surface area contributed by atoms with Gasteiger partial charge in [-0.05, 0) is 20.3 Å². The molecule has 0 aliphatic rings. The molecule has 1 unspecified atom stereocenters. The molecule has 3 nitrogen and oxygen atoms in total. The van der Waals surface area contributed by atoms with Crippen LogP contribution in [0.5, 0.6) is 0 Å². The minimum absolute atomic E-state index is 0.146. The van der Waals surface area contributed by atoms with Crippen molar-refractivity contribution in [3.05, 3.63) is 0 Å². The maximum absolute atomic E-state index is 11.3. The van der Waals surface area contributed by atoms with Gasteiger partial charge in [0.2, 0.25) is 5.91 Å². The van der Waals surface area contributed by atoms with Crippen molar-refractivity contribution in [2.75, 3.05) is 6.54 Å². The van der Waals surface area contributed by atoms with E-state index in [1.807, 2.05) is 6.92 Å². The molecule has 0 aromatic carbocycles. The van der Waals surface area contributed by atoms with Crippen LogP contribution >= 0.6 is 0 Å². The van der Waals surface area contributed by atoms with Crippen LogP contribution in [0.1, 0.15) is 27.2 Å². The highest BCUT2D eigenvalue weighted by atomic mass is 16.2. The first-order valence-corrected chi connectivity index (χ1v) is 4.01. The predicted molar refractivity (Wildman–Crippen MR) is 49.3 cm³/mol. The largest absolute Gasteiger partial charge is 0.344 e. The molecule has 1 amide bonds. The van der Waals surface area contributed by atoms with Gasteiger partial charge in [0.05, 0.1) is 12.1 Å². The Balaban J connectivity index is 3.93. The molecule has 0 fully saturated rings. The van der Waals surface area contributed by atoms with Crippen molar-refractivity contribution in [3.63, 3.8) is 0 Å². The first-order valence-electron chi connectivity index (χ1n) is 4.01. The van der Waals surface area contributed by atoms with Gasteiger partial charge >= 0.3 is 0 Å². The van der Waals surface area contributed by atoms with E-state index in [-0.39, 0.29) is 5.91 Å². The lowest BCUT2D eigenvalue weighted by Gasteiger charge is -2.20. The van der Waals surface area contributed by atoms with Gasteiger partial charge < -0.3 is 11.1 Å². The van der Waals surface area contributed by atoms with E-state index in [4.69, 9.17) is 5.73 Å². The van der Waals surface area contributed by atoms with E-state index in [1.165, 1.54) is 0 Å². The SMILES string of the molecule is CC#CCNC(=O)C(C)(N)CC. The van der Waals surface area contributed by atoms with Crippen molar-refractivity contribution in [1.82, 2.24) is 5.32 Å². The Kier molecular flexibility index (Phi) is 4.38. The van der Waals surface area contributed by atoms with E-state index >= 15 is 0 Å². The number of nitrogens with one attached hydrogen (secondary N) is 1. The van der Waals surface area contributed by atoms with Gasteiger partial charge in [0, 0.05) is 0 Å². The van der Waals surface area contributed by atoms with Crippen molar-refractivity contribution in [2.24, 2.45) is 5.73 Å². The summed E-state index contributed by atoms with van der Waals surface area (Å²) >= 11 is 0. The Morgan fingerprint density at radius 1 is 1.67 bits per heavy atom. The lowest BCUT2D eigenvalue weighted by molar-refractivity contribution is -0.125. The molecule has 68 valence electrons. The smallest absolute Gasteiger partial charge is 0.240 e. The summed E-state index contributed by atoms with van der Waals surface area (Å²) < 4.78 is 0. The van der Waals surface area contributed by atoms with Gasteiger partial charge in [-0.3, -0.25) is 4.79 Å². The van der Waals surface area contributed by atoms with Crippen molar-refractivity contribution < 1.29 is 4.79 Å². The molecule has 1 atom stereocenters. The highest BCUT2D eigenvalue weighted by molar-refractivity contribution is 5.85. The van der Waals surface area contributed by atoms with Gasteiger partial charge in [0.1, 0.15) is 0 Å². The van der Waals surface area contributed by atoms with Crippen LogP contribution in [0.15, 0.2) is 0 Å². The molecule has 0 aromatic rings. The summed E-state index contributed by atoms with van der Waals surface area (Å²) in [6.07, 6.45) is 0.623. The molecule has 0 rings (SSSR count). The maximum atomic E-state index is 11.3. The fourth-order valence-corrected chi connectivity index (χ4v) is 0.575. The Morgan fingerprint density at radius 3 is 2.67 bits per heavy atom. The summed E-state index contributed by atoms with van der Waals surface area (Å²) in [6.45, 7) is 5.70. The molecule has 0 aliphatic carbocycles. The first-order chi connectivity index (χ1) is 5.54. The quantitative estimate of drug-likeness (QED) is 0.594. The van der Waals surface area contributed by atoms with Crippen LogP contribution in [-0.2, 0) is 4.79 Å². The molecular formula is C9H16N2O. The molecule has 0 radical (unpaired) electrons. The van der Waals surface area contributed by atoms with Gasteiger partial charge in [-0.15, -0.1) is 5.92 Å². The average Bonchev–Trinajstić information content (AvgIpc) is 2.05. The molecule has 3 N–H and O–H groups in total. The normalized spacial score (nSPS) is 14.0. The third-order valence-electron chi connectivity index (χ3n) is 1.77. The molecule has 0 aliphatic heterocycles. The molecular weight excluding hydrogens is 152 g/mol. The summed E-state index contributed by atoms with van der Waals surface area (Å²) in [5.41, 5.74) is 4.91. The fraction of sp³-hybridized carbons (Fsp3) is 0.667. The standard InChI is InChI=1S/C9H16N2O/c1-4-6-7-11-8(12)9(3,10)5-2/h5,7,10H2,1-3H3,(H,11,12). The minimum Gasteiger partial charge on any atom is -0.344 e. The number of carbonyl (C=O) groups excluding carboxylic acids is 1. The first kappa shape index (κ1) is 11.0. The van der Waals surface area contributed by atoms with Crippen LogP contribution in [0.3, 0.4) is 0 Å². The lowest BCUT2D eigenvalue weighted by Crippen LogP contribution is -2.51. The Labute approximate surface area is 73.7 Å². The molecule has 0 spiro atoms. The Morgan fingerprint density at radius 2 is 2.25 bits per heavy atom. The van der Waals surface area contributed by atoms with Gasteiger partial charge in [-0.1, -0.05) is 12.8 Å². The topological polar surface area (TPSA) is 55.1 Å². The fourth-order valence-electron chi connectivity index (χ4n) is 0.575. The monoisotopic (exact) mass is 168 g/mol. The zero-order valence-corrected chi connectivity index (χ0v) is 7.90. The molecule has 0 aromatic heterocycles. The number of amides is 1. The summed E-state index contributed by atoms with van der Waals surface area (Å²) in [5, 5.41) is 2.64. The highest BCUT2D eigenvalue weighted by Crippen LogP contribution is 2.03. The second-order valence-electron chi connectivity index (χ2n) is 2.88. The van der Waals surface area contributed by atoms with Gasteiger partial charge in [-0.2, -0.15) is 0 Å². The van der Waals surface area contributed by atoms with E-state index in [0.717, 1.165) is 0 Å². The number of hydrogen-bond donors (Lipinski definition) is 2. The van der Waals surface area contributed by atoms with Crippen LogP contribution in [0, 0.1) is 11.8 Å². The second kappa shape index (κ2) is 4.78. The van der Waals surface area contributed by atoms with Crippen LogP contribution in [-0.4, -0.2) is 18.0 Å². The Hall–Kier alpha value is -1.01. The predicted octanol–water partition coefficient (Wildman–Crippen LogP) is 0.253. The number of rotatable bonds is 3. The third-order valence-corrected chi connectivity index (χ3v) is 1.77. The summed E-state index contributed by atoms with van der Waals surface area (Å²) in [5.74, 6) is 5.28. The van der Waals surface area contributed by atoms with Crippen molar-refractivity contribution >= 4 is 5.91 Å². The summed E-state index contributed by atoms with van der Waals surface area (Å²) in [7, 11) is 0. The van der Waals surface area contributed by atoms with E-state index < -0.39 is 5.54 Å². The van der Waals surface area contributed by atoms with Gasteiger partial charge in [0.25, 0.3) is 0 Å². The third kappa shape index (κ3) is 3.40. The number of hydrogen-bond acceptors (Lipinski definition) is 2.